The Kier molecular flexibility index (Phi) is 3.07. The first-order chi connectivity index (χ1) is 8.91. The Morgan fingerprint density at radius 2 is 2.00 bits per heavy atom. The Morgan fingerprint density at radius 3 is 2.53 bits per heavy atom. The van der Waals surface area contributed by atoms with Gasteiger partial charge in [0, 0.05) is 11.1 Å². The summed E-state index contributed by atoms with van der Waals surface area (Å²) in [5.74, 6) is 0.366. The minimum absolute atomic E-state index is 0.342. The van der Waals surface area contributed by atoms with Gasteiger partial charge in [-0.2, -0.15) is 5.26 Å². The zero-order valence-electron chi connectivity index (χ0n) is 11.3. The number of rotatable bonds is 1. The highest BCUT2D eigenvalue weighted by Gasteiger charge is 2.37. The maximum atomic E-state index is 11.5. The molecule has 0 fully saturated rings. The summed E-state index contributed by atoms with van der Waals surface area (Å²) >= 11 is 0. The van der Waals surface area contributed by atoms with E-state index in [0.717, 1.165) is 17.4 Å². The molecule has 98 valence electrons. The molecule has 0 bridgehead atoms. The zero-order valence-corrected chi connectivity index (χ0v) is 11.3. The average Bonchev–Trinajstić information content (AvgIpc) is 2.35. The SMILES string of the molecule is CC(C)(C)N1C(N)=C(C#N)c2ccccc2C1C=O. The van der Waals surface area contributed by atoms with E-state index in [1.165, 1.54) is 0 Å². The molecule has 0 saturated carbocycles. The van der Waals surface area contributed by atoms with Gasteiger partial charge in [0.15, 0.2) is 0 Å². The first-order valence-corrected chi connectivity index (χ1v) is 6.15. The molecule has 1 aliphatic rings. The van der Waals surface area contributed by atoms with E-state index in [0.29, 0.717) is 11.4 Å². The second-order valence-corrected chi connectivity index (χ2v) is 5.58. The van der Waals surface area contributed by atoms with Crippen LogP contribution in [0.3, 0.4) is 0 Å². The second-order valence-electron chi connectivity index (χ2n) is 5.58. The van der Waals surface area contributed by atoms with Crippen LogP contribution in [-0.2, 0) is 4.79 Å². The molecule has 19 heavy (non-hydrogen) atoms. The third-order valence-corrected chi connectivity index (χ3v) is 3.31. The van der Waals surface area contributed by atoms with Gasteiger partial charge in [-0.05, 0) is 26.3 Å². The Bertz CT molecular complexity index is 590. The number of hydrogen-bond donors (Lipinski definition) is 1. The number of hydrogen-bond acceptors (Lipinski definition) is 4. The first-order valence-electron chi connectivity index (χ1n) is 6.15. The number of benzene rings is 1. The lowest BCUT2D eigenvalue weighted by Crippen LogP contribution is -2.48. The largest absolute Gasteiger partial charge is 0.384 e. The number of nitrogens with zero attached hydrogens (tertiary/aromatic N) is 2. The molecule has 0 saturated heterocycles. The third-order valence-electron chi connectivity index (χ3n) is 3.31. The Hall–Kier alpha value is -2.28. The lowest BCUT2D eigenvalue weighted by molar-refractivity contribution is -0.113. The molecule has 4 heteroatoms. The highest BCUT2D eigenvalue weighted by molar-refractivity contribution is 5.85. The zero-order chi connectivity index (χ0) is 14.2. The molecule has 1 aromatic rings. The lowest BCUT2D eigenvalue weighted by atomic mass is 9.87. The molecule has 4 nitrogen and oxygen atoms in total. The van der Waals surface area contributed by atoms with Crippen LogP contribution in [0, 0.1) is 11.3 Å². The van der Waals surface area contributed by atoms with Crippen LogP contribution in [0.5, 0.6) is 0 Å². The molecule has 2 rings (SSSR count). The van der Waals surface area contributed by atoms with Crippen molar-refractivity contribution in [3.8, 4) is 6.07 Å². The molecule has 1 atom stereocenters. The van der Waals surface area contributed by atoms with Crippen molar-refractivity contribution in [1.29, 1.82) is 5.26 Å². The van der Waals surface area contributed by atoms with Crippen LogP contribution < -0.4 is 5.73 Å². The molecule has 0 aromatic heterocycles. The van der Waals surface area contributed by atoms with Gasteiger partial charge in [0.05, 0.1) is 5.57 Å². The number of nitrogens with two attached hydrogens (primary N) is 1. The van der Waals surface area contributed by atoms with E-state index in [-0.39, 0.29) is 5.54 Å². The Labute approximate surface area is 113 Å². The number of fused-ring (bicyclic) bond motifs is 1. The van der Waals surface area contributed by atoms with E-state index in [4.69, 9.17) is 5.73 Å². The summed E-state index contributed by atoms with van der Waals surface area (Å²) in [7, 11) is 0. The van der Waals surface area contributed by atoms with Gasteiger partial charge in [0.2, 0.25) is 0 Å². The molecule has 1 aliphatic heterocycles. The standard InChI is InChI=1S/C15H17N3O/c1-15(2,3)18-13(9-19)11-7-5-4-6-10(11)12(8-16)14(18)17/h4-7,9,13H,17H2,1-3H3. The summed E-state index contributed by atoms with van der Waals surface area (Å²) in [6.07, 6.45) is 0.880. The van der Waals surface area contributed by atoms with Crippen molar-refractivity contribution >= 4 is 11.9 Å². The van der Waals surface area contributed by atoms with Crippen molar-refractivity contribution in [1.82, 2.24) is 4.90 Å². The normalized spacial score (nSPS) is 18.8. The lowest BCUT2D eigenvalue weighted by Gasteiger charge is -2.44. The number of allylic oxidation sites excluding steroid dienone is 1. The van der Waals surface area contributed by atoms with Crippen LogP contribution in [0.2, 0.25) is 0 Å². The van der Waals surface area contributed by atoms with Crippen molar-refractivity contribution in [2.75, 3.05) is 0 Å². The molecule has 2 N–H and O–H groups in total. The summed E-state index contributed by atoms with van der Waals surface area (Å²) in [5.41, 5.74) is 7.80. The number of aldehydes is 1. The van der Waals surface area contributed by atoms with E-state index >= 15 is 0 Å². The van der Waals surface area contributed by atoms with Gasteiger partial charge in [-0.1, -0.05) is 24.3 Å². The van der Waals surface area contributed by atoms with Gasteiger partial charge < -0.3 is 15.4 Å². The van der Waals surface area contributed by atoms with Crippen molar-refractivity contribution < 1.29 is 4.79 Å². The van der Waals surface area contributed by atoms with E-state index in [1.807, 2.05) is 45.0 Å². The van der Waals surface area contributed by atoms with Gasteiger partial charge in [-0.25, -0.2) is 0 Å². The summed E-state index contributed by atoms with van der Waals surface area (Å²) in [6.45, 7) is 5.91. The van der Waals surface area contributed by atoms with E-state index in [2.05, 4.69) is 6.07 Å². The maximum absolute atomic E-state index is 11.5. The summed E-state index contributed by atoms with van der Waals surface area (Å²) in [5, 5.41) is 9.35. The van der Waals surface area contributed by atoms with Crippen molar-refractivity contribution in [3.05, 3.63) is 41.2 Å². The second kappa shape index (κ2) is 4.43. The van der Waals surface area contributed by atoms with Crippen LogP contribution >= 0.6 is 0 Å². The quantitative estimate of drug-likeness (QED) is 0.781. The minimum atomic E-state index is -0.451. The van der Waals surface area contributed by atoms with Crippen molar-refractivity contribution in [3.63, 3.8) is 0 Å². The van der Waals surface area contributed by atoms with Gasteiger partial charge in [-0.3, -0.25) is 0 Å². The monoisotopic (exact) mass is 255 g/mol. The number of carbonyl (C=O) groups excluding carboxylic acids is 1. The summed E-state index contributed by atoms with van der Waals surface area (Å²) < 4.78 is 0. The molecule has 0 aliphatic carbocycles. The molecule has 0 spiro atoms. The van der Waals surface area contributed by atoms with Crippen LogP contribution in [0.15, 0.2) is 30.1 Å². The average molecular weight is 255 g/mol. The van der Waals surface area contributed by atoms with E-state index in [9.17, 15) is 10.1 Å². The van der Waals surface area contributed by atoms with Crippen LogP contribution in [0.1, 0.15) is 37.9 Å². The van der Waals surface area contributed by atoms with Crippen LogP contribution in [0.25, 0.3) is 5.57 Å². The molecule has 1 aromatic carbocycles. The van der Waals surface area contributed by atoms with Gasteiger partial charge in [0.25, 0.3) is 0 Å². The van der Waals surface area contributed by atoms with Gasteiger partial charge in [0.1, 0.15) is 24.2 Å². The summed E-state index contributed by atoms with van der Waals surface area (Å²) in [6, 6.07) is 9.12. The maximum Gasteiger partial charge on any atom is 0.147 e. The van der Waals surface area contributed by atoms with E-state index < -0.39 is 6.04 Å². The highest BCUT2D eigenvalue weighted by atomic mass is 16.1. The molecule has 1 unspecified atom stereocenters. The van der Waals surface area contributed by atoms with E-state index in [1.54, 1.807) is 4.90 Å². The predicted molar refractivity (Wildman–Crippen MR) is 73.6 cm³/mol. The third kappa shape index (κ3) is 1.97. The number of carbonyl (C=O) groups is 1. The molecule has 0 radical (unpaired) electrons. The Morgan fingerprint density at radius 1 is 1.37 bits per heavy atom. The van der Waals surface area contributed by atoms with Crippen molar-refractivity contribution in [2.24, 2.45) is 5.73 Å². The molecular weight excluding hydrogens is 238 g/mol. The highest BCUT2D eigenvalue weighted by Crippen LogP contribution is 2.39. The summed E-state index contributed by atoms with van der Waals surface area (Å²) in [4.78, 5) is 13.3. The molecular formula is C15H17N3O. The fourth-order valence-corrected chi connectivity index (χ4v) is 2.56. The fourth-order valence-electron chi connectivity index (χ4n) is 2.56. The molecule has 0 amide bonds. The number of nitriles is 1. The van der Waals surface area contributed by atoms with Crippen molar-refractivity contribution in [2.45, 2.75) is 32.4 Å². The Balaban J connectivity index is 2.75. The topological polar surface area (TPSA) is 70.1 Å². The minimum Gasteiger partial charge on any atom is -0.384 e. The molecule has 1 heterocycles. The fraction of sp³-hybridized carbons (Fsp3) is 0.333. The smallest absolute Gasteiger partial charge is 0.147 e. The van der Waals surface area contributed by atoms with Gasteiger partial charge >= 0.3 is 0 Å². The first kappa shape index (κ1) is 13.2. The van der Waals surface area contributed by atoms with Crippen LogP contribution in [-0.4, -0.2) is 16.7 Å². The van der Waals surface area contributed by atoms with Crippen LogP contribution in [0.4, 0.5) is 0 Å². The van der Waals surface area contributed by atoms with Gasteiger partial charge in [-0.15, -0.1) is 0 Å². The predicted octanol–water partition coefficient (Wildman–Crippen LogP) is 2.19.